The number of anilines is 1. The van der Waals surface area contributed by atoms with Crippen LogP contribution in [0.25, 0.3) is 0 Å². The van der Waals surface area contributed by atoms with Gasteiger partial charge in [-0.3, -0.25) is 14.6 Å². The summed E-state index contributed by atoms with van der Waals surface area (Å²) in [6.45, 7) is 3.36. The Morgan fingerprint density at radius 1 is 1.14 bits per heavy atom. The number of thiophene rings is 1. The zero-order valence-corrected chi connectivity index (χ0v) is 22.6. The first-order valence-corrected chi connectivity index (χ1v) is 14.2. The number of carbonyl (C=O) groups is 2. The molecular formula is C25H23Cl2N3O4S2. The largest absolute Gasteiger partial charge is 0.300 e. The Morgan fingerprint density at radius 3 is 2.50 bits per heavy atom. The van der Waals surface area contributed by atoms with Crippen LogP contribution in [0.15, 0.2) is 69.9 Å². The van der Waals surface area contributed by atoms with E-state index in [1.54, 1.807) is 18.2 Å². The zero-order chi connectivity index (χ0) is 26.0. The van der Waals surface area contributed by atoms with Gasteiger partial charge in [0, 0.05) is 16.1 Å². The summed E-state index contributed by atoms with van der Waals surface area (Å²) in [5.41, 5.74) is 2.37. The molecule has 0 bridgehead atoms. The summed E-state index contributed by atoms with van der Waals surface area (Å²) in [5.74, 6) is -1.39. The minimum atomic E-state index is -4.14. The van der Waals surface area contributed by atoms with Crippen LogP contribution in [0.5, 0.6) is 0 Å². The van der Waals surface area contributed by atoms with E-state index in [0.717, 1.165) is 16.9 Å². The fourth-order valence-corrected chi connectivity index (χ4v) is 6.51. The second-order valence-corrected chi connectivity index (χ2v) is 12.4. The number of benzodiazepines with no additional fused rings is 1. The fourth-order valence-electron chi connectivity index (χ4n) is 3.88. The number of halogens is 2. The molecule has 0 aliphatic carbocycles. The molecule has 4 rings (SSSR count). The smallest absolute Gasteiger partial charge is 0.273 e. The lowest BCUT2D eigenvalue weighted by atomic mass is 9.98. The highest BCUT2D eigenvalue weighted by molar-refractivity contribution is 7.92. The van der Waals surface area contributed by atoms with Crippen molar-refractivity contribution in [1.29, 1.82) is 0 Å². The van der Waals surface area contributed by atoms with Gasteiger partial charge in [-0.25, -0.2) is 13.1 Å². The first-order chi connectivity index (χ1) is 17.1. The van der Waals surface area contributed by atoms with Gasteiger partial charge < -0.3 is 4.90 Å². The highest BCUT2D eigenvalue weighted by atomic mass is 35.5. The summed E-state index contributed by atoms with van der Waals surface area (Å²) in [6, 6.07) is 16.4. The predicted molar refractivity (Wildman–Crippen MR) is 144 cm³/mol. The van der Waals surface area contributed by atoms with Gasteiger partial charge in [0.15, 0.2) is 0 Å². The lowest BCUT2D eigenvalue weighted by Gasteiger charge is -2.26. The Balaban J connectivity index is 1.77. The highest BCUT2D eigenvalue weighted by Crippen LogP contribution is 2.33. The molecule has 188 valence electrons. The molecule has 11 heteroatoms. The van der Waals surface area contributed by atoms with Crippen molar-refractivity contribution in [2.75, 3.05) is 11.4 Å². The second-order valence-electron chi connectivity index (χ2n) is 8.35. The molecule has 0 radical (unpaired) electrons. The van der Waals surface area contributed by atoms with E-state index in [9.17, 15) is 18.0 Å². The Bertz CT molecular complexity index is 1440. The molecule has 0 fully saturated rings. The molecule has 2 heterocycles. The van der Waals surface area contributed by atoms with E-state index in [-0.39, 0.29) is 14.5 Å². The van der Waals surface area contributed by atoms with Crippen LogP contribution >= 0.6 is 34.5 Å². The molecule has 2 atom stereocenters. The maximum atomic E-state index is 13.8. The van der Waals surface area contributed by atoms with Crippen LogP contribution < -0.4 is 9.62 Å². The summed E-state index contributed by atoms with van der Waals surface area (Å²) < 4.78 is 27.6. The molecule has 7 nitrogen and oxygen atoms in total. The van der Waals surface area contributed by atoms with E-state index in [4.69, 9.17) is 28.2 Å². The lowest BCUT2D eigenvalue weighted by molar-refractivity contribution is -0.124. The lowest BCUT2D eigenvalue weighted by Crippen LogP contribution is -2.47. The molecule has 1 aliphatic rings. The van der Waals surface area contributed by atoms with Crippen LogP contribution in [0.2, 0.25) is 9.36 Å². The minimum Gasteiger partial charge on any atom is -0.300 e. The minimum absolute atomic E-state index is 0.0950. The Kier molecular flexibility index (Phi) is 7.85. The number of hydrogen-bond donors (Lipinski definition) is 1. The number of carbonyl (C=O) groups excluding carboxylic acids is 2. The first kappa shape index (κ1) is 26.3. The van der Waals surface area contributed by atoms with Gasteiger partial charge in [0.1, 0.15) is 16.8 Å². The highest BCUT2D eigenvalue weighted by Gasteiger charge is 2.36. The molecule has 1 aliphatic heterocycles. The van der Waals surface area contributed by atoms with Crippen molar-refractivity contribution < 1.29 is 18.0 Å². The maximum absolute atomic E-state index is 13.8. The number of nitrogens with zero attached hydrogens (tertiary/aromatic N) is 2. The summed E-state index contributed by atoms with van der Waals surface area (Å²) >= 11 is 13.0. The monoisotopic (exact) mass is 563 g/mol. The third-order valence-corrected chi connectivity index (χ3v) is 9.22. The van der Waals surface area contributed by atoms with Gasteiger partial charge in [0.05, 0.1) is 15.7 Å². The standard InChI is InChI=1S/C25H23Cl2N3O4S2/c1-3-15(2)23-25(32)30(14-21(31)29-36(33,34)22-12-11-20(27)35-22)19-10-9-17(26)13-18(19)24(28-23)16-7-5-4-6-8-16/h4-13,15,23H,3,14H2,1-2H3,(H,29,31)/t15-,23-/m0/s1. The predicted octanol–water partition coefficient (Wildman–Crippen LogP) is 5.16. The normalized spacial score (nSPS) is 16.7. The number of sulfonamides is 1. The maximum Gasteiger partial charge on any atom is 0.273 e. The van der Waals surface area contributed by atoms with Crippen LogP contribution in [0, 0.1) is 5.92 Å². The Hall–Kier alpha value is -2.72. The number of benzene rings is 2. The zero-order valence-electron chi connectivity index (χ0n) is 19.4. The summed E-state index contributed by atoms with van der Waals surface area (Å²) in [5, 5.41) is 0.438. The molecule has 0 spiro atoms. The molecule has 2 aromatic carbocycles. The molecule has 2 amide bonds. The molecule has 0 saturated heterocycles. The van der Waals surface area contributed by atoms with Gasteiger partial charge in [0.2, 0.25) is 0 Å². The number of nitrogens with one attached hydrogen (secondary N) is 1. The van der Waals surface area contributed by atoms with Crippen LogP contribution in [-0.4, -0.2) is 38.5 Å². The number of rotatable bonds is 7. The van der Waals surface area contributed by atoms with Crippen molar-refractivity contribution in [3.63, 3.8) is 0 Å². The van der Waals surface area contributed by atoms with Crippen molar-refractivity contribution in [2.24, 2.45) is 10.9 Å². The van der Waals surface area contributed by atoms with Crippen LogP contribution in [0.3, 0.4) is 0 Å². The molecule has 1 N–H and O–H groups in total. The van der Waals surface area contributed by atoms with Gasteiger partial charge in [-0.05, 0) is 36.2 Å². The average molecular weight is 565 g/mol. The number of aliphatic imine (C=N–C) groups is 1. The van der Waals surface area contributed by atoms with Gasteiger partial charge in [-0.15, -0.1) is 11.3 Å². The average Bonchev–Trinajstić information content (AvgIpc) is 3.26. The van der Waals surface area contributed by atoms with E-state index in [1.807, 2.05) is 48.9 Å². The van der Waals surface area contributed by atoms with Gasteiger partial charge in [0.25, 0.3) is 21.8 Å². The SMILES string of the molecule is CC[C@H](C)[C@@H]1N=C(c2ccccc2)c2cc(Cl)ccc2N(CC(=O)NS(=O)(=O)c2ccc(Cl)s2)C1=O. The van der Waals surface area contributed by atoms with Crippen LogP contribution in [-0.2, 0) is 19.6 Å². The van der Waals surface area contributed by atoms with Gasteiger partial charge in [-0.1, -0.05) is 73.8 Å². The van der Waals surface area contributed by atoms with Crippen LogP contribution in [0.4, 0.5) is 5.69 Å². The summed E-state index contributed by atoms with van der Waals surface area (Å²) in [7, 11) is -4.14. The van der Waals surface area contributed by atoms with E-state index in [0.29, 0.717) is 28.4 Å². The Labute approximate surface area is 223 Å². The second kappa shape index (κ2) is 10.7. The van der Waals surface area contributed by atoms with Gasteiger partial charge >= 0.3 is 0 Å². The summed E-state index contributed by atoms with van der Waals surface area (Å²) in [6.07, 6.45) is 0.673. The number of fused-ring (bicyclic) bond motifs is 1. The van der Waals surface area contributed by atoms with E-state index in [2.05, 4.69) is 0 Å². The Morgan fingerprint density at radius 2 is 1.86 bits per heavy atom. The van der Waals surface area contributed by atoms with Crippen LogP contribution in [0.1, 0.15) is 31.4 Å². The van der Waals surface area contributed by atoms with Gasteiger partial charge in [-0.2, -0.15) is 0 Å². The van der Waals surface area contributed by atoms with Crippen molar-refractivity contribution >= 4 is 67.8 Å². The van der Waals surface area contributed by atoms with Crippen molar-refractivity contribution in [2.45, 2.75) is 30.5 Å². The van der Waals surface area contributed by atoms with E-state index < -0.39 is 34.4 Å². The fraction of sp³-hybridized carbons (Fsp3) is 0.240. The van der Waals surface area contributed by atoms with Crippen molar-refractivity contribution in [1.82, 2.24) is 4.72 Å². The molecular weight excluding hydrogens is 541 g/mol. The molecule has 1 aromatic heterocycles. The van der Waals surface area contributed by atoms with Crippen molar-refractivity contribution in [3.8, 4) is 0 Å². The van der Waals surface area contributed by atoms with E-state index >= 15 is 0 Å². The molecule has 3 aromatic rings. The quantitative estimate of drug-likeness (QED) is 0.429. The molecule has 36 heavy (non-hydrogen) atoms. The third-order valence-electron chi connectivity index (χ3n) is 5.89. The van der Waals surface area contributed by atoms with E-state index in [1.165, 1.54) is 17.0 Å². The number of amides is 2. The first-order valence-electron chi connectivity index (χ1n) is 11.2. The van der Waals surface area contributed by atoms with Crippen molar-refractivity contribution in [3.05, 3.63) is 81.1 Å². The number of hydrogen-bond acceptors (Lipinski definition) is 6. The molecule has 0 saturated carbocycles. The third kappa shape index (κ3) is 5.49. The molecule has 0 unspecified atom stereocenters. The topological polar surface area (TPSA) is 95.9 Å². The summed E-state index contributed by atoms with van der Waals surface area (Å²) in [4.78, 5) is 32.9.